The van der Waals surface area contributed by atoms with Crippen LogP contribution in [0.4, 0.5) is 4.79 Å². The maximum atomic E-state index is 12.5. The summed E-state index contributed by atoms with van der Waals surface area (Å²) < 4.78 is 5.43. The van der Waals surface area contributed by atoms with Crippen molar-refractivity contribution in [3.63, 3.8) is 0 Å². The first-order chi connectivity index (χ1) is 13.2. The molecule has 2 aromatic rings. The molecule has 2 aliphatic rings. The van der Waals surface area contributed by atoms with Gasteiger partial charge in [0.1, 0.15) is 5.76 Å². The van der Waals surface area contributed by atoms with Crippen LogP contribution in [0, 0.1) is 0 Å². The van der Waals surface area contributed by atoms with Gasteiger partial charge in [0.15, 0.2) is 0 Å². The van der Waals surface area contributed by atoms with Crippen LogP contribution in [0.1, 0.15) is 24.2 Å². The third-order valence-electron chi connectivity index (χ3n) is 5.27. The molecule has 6 nitrogen and oxygen atoms in total. The number of nitrogens with zero attached hydrogens (tertiary/aromatic N) is 2. The Kier molecular flexibility index (Phi) is 5.11. The normalized spacial score (nSPS) is 18.9. The van der Waals surface area contributed by atoms with E-state index in [-0.39, 0.29) is 16.8 Å². The van der Waals surface area contributed by atoms with Crippen molar-refractivity contribution in [1.29, 1.82) is 0 Å². The maximum Gasteiger partial charge on any atom is 0.317 e. The average Bonchev–Trinajstić information content (AvgIpc) is 3.32. The van der Waals surface area contributed by atoms with Gasteiger partial charge in [0.25, 0.3) is 0 Å². The van der Waals surface area contributed by atoms with Crippen molar-refractivity contribution in [2.45, 2.75) is 30.8 Å². The number of rotatable bonds is 4. The molecular formula is C20H23N3O3S. The van der Waals surface area contributed by atoms with E-state index in [9.17, 15) is 9.59 Å². The zero-order valence-electron chi connectivity index (χ0n) is 15.1. The number of amides is 3. The van der Waals surface area contributed by atoms with E-state index < -0.39 is 0 Å². The summed E-state index contributed by atoms with van der Waals surface area (Å²) in [5.74, 6) is 1.45. The Labute approximate surface area is 162 Å². The van der Waals surface area contributed by atoms with E-state index in [1.807, 2.05) is 52.3 Å². The van der Waals surface area contributed by atoms with Gasteiger partial charge in [-0.1, -0.05) is 30.3 Å². The quantitative estimate of drug-likeness (QED) is 0.879. The molecule has 0 bridgehead atoms. The van der Waals surface area contributed by atoms with Gasteiger partial charge in [-0.05, 0) is 30.5 Å². The van der Waals surface area contributed by atoms with Crippen LogP contribution in [0.2, 0.25) is 0 Å². The summed E-state index contributed by atoms with van der Waals surface area (Å²) in [6.07, 6.45) is 3.20. The molecule has 0 saturated carbocycles. The molecule has 2 fully saturated rings. The fourth-order valence-electron chi connectivity index (χ4n) is 3.73. The lowest BCUT2D eigenvalue weighted by Gasteiger charge is -2.43. The van der Waals surface area contributed by atoms with Crippen LogP contribution < -0.4 is 5.32 Å². The number of urea groups is 1. The first kappa shape index (κ1) is 18.0. The van der Waals surface area contributed by atoms with E-state index in [2.05, 4.69) is 5.32 Å². The van der Waals surface area contributed by atoms with E-state index in [1.54, 1.807) is 18.0 Å². The molecule has 7 heteroatoms. The van der Waals surface area contributed by atoms with Crippen LogP contribution in [-0.4, -0.2) is 45.5 Å². The van der Waals surface area contributed by atoms with Gasteiger partial charge in [-0.25, -0.2) is 4.79 Å². The predicted octanol–water partition coefficient (Wildman–Crippen LogP) is 3.06. The Morgan fingerprint density at radius 2 is 1.93 bits per heavy atom. The van der Waals surface area contributed by atoms with Crippen LogP contribution in [0.25, 0.3) is 0 Å². The van der Waals surface area contributed by atoms with Crippen molar-refractivity contribution in [2.24, 2.45) is 0 Å². The lowest BCUT2D eigenvalue weighted by Crippen LogP contribution is -2.54. The second-order valence-electron chi connectivity index (χ2n) is 6.93. The van der Waals surface area contributed by atoms with Gasteiger partial charge in [0.2, 0.25) is 5.91 Å². The monoisotopic (exact) mass is 385 g/mol. The van der Waals surface area contributed by atoms with E-state index >= 15 is 0 Å². The van der Waals surface area contributed by atoms with Crippen molar-refractivity contribution >= 4 is 23.7 Å². The molecule has 1 spiro atoms. The van der Waals surface area contributed by atoms with Crippen molar-refractivity contribution < 1.29 is 14.0 Å². The Bertz CT molecular complexity index is 786. The second-order valence-corrected chi connectivity index (χ2v) is 8.26. The van der Waals surface area contributed by atoms with Crippen molar-refractivity contribution in [3.8, 4) is 0 Å². The van der Waals surface area contributed by atoms with Crippen molar-refractivity contribution in [3.05, 3.63) is 60.1 Å². The molecule has 1 aromatic heterocycles. The van der Waals surface area contributed by atoms with Gasteiger partial charge in [-0.2, -0.15) is 0 Å². The number of hydrogen-bond donors (Lipinski definition) is 1. The molecule has 3 heterocycles. The summed E-state index contributed by atoms with van der Waals surface area (Å²) in [4.78, 5) is 28.5. The van der Waals surface area contributed by atoms with Gasteiger partial charge < -0.3 is 19.5 Å². The summed E-state index contributed by atoms with van der Waals surface area (Å²) in [6, 6.07) is 13.6. The number of likely N-dealkylation sites (tertiary alicyclic amines) is 1. The van der Waals surface area contributed by atoms with E-state index in [4.69, 9.17) is 4.42 Å². The van der Waals surface area contributed by atoms with E-state index in [0.29, 0.717) is 31.9 Å². The molecule has 0 radical (unpaired) electrons. The van der Waals surface area contributed by atoms with Gasteiger partial charge in [-0.15, -0.1) is 11.8 Å². The van der Waals surface area contributed by atoms with Crippen LogP contribution in [-0.2, 0) is 17.9 Å². The molecule has 4 rings (SSSR count). The van der Waals surface area contributed by atoms with Crippen LogP contribution in [0.3, 0.4) is 0 Å². The highest BCUT2D eigenvalue weighted by molar-refractivity contribution is 8.01. The number of carbonyl (C=O) groups excluding carboxylic acids is 2. The molecule has 0 unspecified atom stereocenters. The van der Waals surface area contributed by atoms with Crippen molar-refractivity contribution in [1.82, 2.24) is 15.1 Å². The number of benzene rings is 1. The fraction of sp³-hybridized carbons (Fsp3) is 0.400. The third-order valence-corrected chi connectivity index (χ3v) is 6.83. The summed E-state index contributed by atoms with van der Waals surface area (Å²) >= 11 is 1.70. The molecule has 27 heavy (non-hydrogen) atoms. The minimum Gasteiger partial charge on any atom is -0.467 e. The SMILES string of the molecule is O=C(NCc1ccccc1)N1CCC2(CC1)SCC(=O)N2Cc1ccco1. The van der Waals surface area contributed by atoms with Gasteiger partial charge in [0, 0.05) is 19.6 Å². The summed E-state index contributed by atoms with van der Waals surface area (Å²) in [5.41, 5.74) is 1.08. The smallest absolute Gasteiger partial charge is 0.317 e. The van der Waals surface area contributed by atoms with Crippen LogP contribution in [0.15, 0.2) is 53.1 Å². The Hall–Kier alpha value is -2.41. The Balaban J connectivity index is 1.34. The molecule has 1 N–H and O–H groups in total. The second kappa shape index (κ2) is 7.68. The molecule has 0 atom stereocenters. The summed E-state index contributed by atoms with van der Waals surface area (Å²) in [6.45, 7) is 2.32. The van der Waals surface area contributed by atoms with Gasteiger partial charge in [-0.3, -0.25) is 4.79 Å². The highest BCUT2D eigenvalue weighted by Crippen LogP contribution is 2.45. The lowest BCUT2D eigenvalue weighted by atomic mass is 10.0. The molecular weight excluding hydrogens is 362 g/mol. The summed E-state index contributed by atoms with van der Waals surface area (Å²) in [7, 11) is 0. The highest BCUT2D eigenvalue weighted by atomic mass is 32.2. The first-order valence-electron chi connectivity index (χ1n) is 9.20. The van der Waals surface area contributed by atoms with Gasteiger partial charge >= 0.3 is 6.03 Å². The number of hydrogen-bond acceptors (Lipinski definition) is 4. The minimum atomic E-state index is -0.222. The number of piperidine rings is 1. The largest absolute Gasteiger partial charge is 0.467 e. The Morgan fingerprint density at radius 3 is 2.63 bits per heavy atom. The Morgan fingerprint density at radius 1 is 1.15 bits per heavy atom. The van der Waals surface area contributed by atoms with E-state index in [0.717, 1.165) is 24.2 Å². The van der Waals surface area contributed by atoms with Gasteiger partial charge in [0.05, 0.1) is 23.4 Å². The maximum absolute atomic E-state index is 12.5. The van der Waals surface area contributed by atoms with Crippen LogP contribution >= 0.6 is 11.8 Å². The highest BCUT2D eigenvalue weighted by Gasteiger charge is 2.48. The van der Waals surface area contributed by atoms with Crippen LogP contribution in [0.5, 0.6) is 0 Å². The molecule has 1 aromatic carbocycles. The lowest BCUT2D eigenvalue weighted by molar-refractivity contribution is -0.132. The van der Waals surface area contributed by atoms with E-state index in [1.165, 1.54) is 0 Å². The zero-order valence-corrected chi connectivity index (χ0v) is 15.9. The summed E-state index contributed by atoms with van der Waals surface area (Å²) in [5, 5.41) is 2.99. The zero-order chi connectivity index (χ0) is 18.7. The van der Waals surface area contributed by atoms with Crippen molar-refractivity contribution in [2.75, 3.05) is 18.8 Å². The molecule has 2 saturated heterocycles. The molecule has 142 valence electrons. The number of nitrogens with one attached hydrogen (secondary N) is 1. The molecule has 2 aliphatic heterocycles. The predicted molar refractivity (Wildman–Crippen MR) is 104 cm³/mol. The number of carbonyl (C=O) groups is 2. The fourth-order valence-corrected chi connectivity index (χ4v) is 5.07. The standard InChI is InChI=1S/C20H23N3O3S/c24-18-15-27-20(23(18)14-17-7-4-12-26-17)8-10-22(11-9-20)19(25)21-13-16-5-2-1-3-6-16/h1-7,12H,8-11,13-15H2,(H,21,25). The molecule has 0 aliphatic carbocycles. The minimum absolute atomic E-state index is 0.0411. The number of thioether (sulfide) groups is 1. The topological polar surface area (TPSA) is 65.8 Å². The average molecular weight is 385 g/mol. The molecule has 3 amide bonds. The third kappa shape index (κ3) is 3.83. The number of furan rings is 1. The first-order valence-corrected chi connectivity index (χ1v) is 10.2.